The number of rotatable bonds is 8. The lowest BCUT2D eigenvalue weighted by atomic mass is 10.0. The lowest BCUT2D eigenvalue weighted by molar-refractivity contribution is -0.141. The van der Waals surface area contributed by atoms with Crippen molar-refractivity contribution in [1.82, 2.24) is 0 Å². The van der Waals surface area contributed by atoms with Gasteiger partial charge in [-0.15, -0.1) is 0 Å². The highest BCUT2D eigenvalue weighted by Crippen LogP contribution is 2.22. The molecule has 1 aromatic rings. The number of carbonyl (C=O) groups excluding carboxylic acids is 1. The Bertz CT molecular complexity index is 379. The molecule has 0 aliphatic carbocycles. The second-order valence-corrected chi connectivity index (χ2v) is 4.59. The number of benzene rings is 1. The quantitative estimate of drug-likeness (QED) is 0.575. The van der Waals surface area contributed by atoms with E-state index in [-0.39, 0.29) is 12.5 Å². The van der Waals surface area contributed by atoms with Gasteiger partial charge in [-0.2, -0.15) is 0 Å². The molecule has 0 bridgehead atoms. The molecule has 3 heteroatoms. The van der Waals surface area contributed by atoms with E-state index in [0.717, 1.165) is 31.4 Å². The summed E-state index contributed by atoms with van der Waals surface area (Å²) in [4.78, 5) is 11.6. The van der Waals surface area contributed by atoms with Crippen LogP contribution in [-0.4, -0.2) is 19.1 Å². The third kappa shape index (κ3) is 4.93. The highest BCUT2D eigenvalue weighted by atomic mass is 16.5. The molecular formula is C16H25NO2. The van der Waals surface area contributed by atoms with Gasteiger partial charge >= 0.3 is 5.97 Å². The van der Waals surface area contributed by atoms with Gasteiger partial charge in [-0.3, -0.25) is 4.79 Å². The molecule has 0 aromatic heterocycles. The molecule has 0 unspecified atom stereocenters. The molecule has 0 aliphatic heterocycles. The number of unbranched alkanes of at least 4 members (excludes halogenated alkanes) is 1. The zero-order valence-corrected chi connectivity index (χ0v) is 12.3. The first-order valence-electron chi connectivity index (χ1n) is 7.23. The molecule has 1 N–H and O–H groups in total. The number of anilines is 1. The Labute approximate surface area is 116 Å². The van der Waals surface area contributed by atoms with Crippen LogP contribution in [0.25, 0.3) is 0 Å². The van der Waals surface area contributed by atoms with E-state index in [9.17, 15) is 4.79 Å². The van der Waals surface area contributed by atoms with Gasteiger partial charge in [0.15, 0.2) is 0 Å². The minimum absolute atomic E-state index is 0.179. The third-order valence-electron chi connectivity index (χ3n) is 3.17. The largest absolute Gasteiger partial charge is 0.464 e. The molecule has 1 aromatic carbocycles. The van der Waals surface area contributed by atoms with Crippen molar-refractivity contribution in [3.05, 3.63) is 29.3 Å². The monoisotopic (exact) mass is 263 g/mol. The summed E-state index contributed by atoms with van der Waals surface area (Å²) in [6, 6.07) is 6.27. The summed E-state index contributed by atoms with van der Waals surface area (Å²) in [7, 11) is 0. The molecule has 0 heterocycles. The summed E-state index contributed by atoms with van der Waals surface area (Å²) in [5.41, 5.74) is 3.60. The minimum atomic E-state index is -0.179. The second kappa shape index (κ2) is 8.57. The number of hydrogen-bond donors (Lipinski definition) is 1. The van der Waals surface area contributed by atoms with Gasteiger partial charge in [-0.25, -0.2) is 0 Å². The topological polar surface area (TPSA) is 38.3 Å². The van der Waals surface area contributed by atoms with Crippen molar-refractivity contribution in [2.24, 2.45) is 0 Å². The lowest BCUT2D eigenvalue weighted by Gasteiger charge is -2.15. The molecule has 1 rings (SSSR count). The molecule has 0 spiro atoms. The number of ether oxygens (including phenoxy) is 1. The van der Waals surface area contributed by atoms with Gasteiger partial charge in [0.1, 0.15) is 6.54 Å². The van der Waals surface area contributed by atoms with Gasteiger partial charge in [-0.05, 0) is 30.4 Å². The van der Waals surface area contributed by atoms with Crippen LogP contribution in [0.5, 0.6) is 0 Å². The minimum Gasteiger partial charge on any atom is -0.464 e. The first-order chi connectivity index (χ1) is 9.22. The van der Waals surface area contributed by atoms with E-state index in [1.807, 2.05) is 0 Å². The molecule has 0 radical (unpaired) electrons. The Morgan fingerprint density at radius 3 is 2.32 bits per heavy atom. The smallest absolute Gasteiger partial charge is 0.325 e. The number of aryl methyl sites for hydroxylation is 2. The normalized spacial score (nSPS) is 10.3. The van der Waals surface area contributed by atoms with Crippen LogP contribution < -0.4 is 5.32 Å². The van der Waals surface area contributed by atoms with Crippen LogP contribution in [0.3, 0.4) is 0 Å². The van der Waals surface area contributed by atoms with E-state index in [0.29, 0.717) is 6.61 Å². The van der Waals surface area contributed by atoms with Crippen molar-refractivity contribution < 1.29 is 9.53 Å². The van der Waals surface area contributed by atoms with Crippen molar-refractivity contribution in [2.75, 3.05) is 18.5 Å². The van der Waals surface area contributed by atoms with Crippen LogP contribution in [-0.2, 0) is 22.4 Å². The molecule has 0 amide bonds. The predicted octanol–water partition coefficient (Wildman–Crippen LogP) is 3.57. The molecule has 106 valence electrons. The van der Waals surface area contributed by atoms with Gasteiger partial charge in [0.25, 0.3) is 0 Å². The van der Waals surface area contributed by atoms with Crippen LogP contribution in [0, 0.1) is 0 Å². The van der Waals surface area contributed by atoms with Crippen molar-refractivity contribution in [3.8, 4) is 0 Å². The summed E-state index contributed by atoms with van der Waals surface area (Å²) in [5.74, 6) is -0.179. The summed E-state index contributed by atoms with van der Waals surface area (Å²) in [6.45, 7) is 7.09. The maximum Gasteiger partial charge on any atom is 0.325 e. The second-order valence-electron chi connectivity index (χ2n) is 4.59. The molecule has 0 atom stereocenters. The first-order valence-corrected chi connectivity index (χ1v) is 7.23. The van der Waals surface area contributed by atoms with Crippen molar-refractivity contribution in [1.29, 1.82) is 0 Å². The standard InChI is InChI=1S/C16H25NO2/c1-4-7-11-19-15(18)12-17-16-13(5-2)9-8-10-14(16)6-3/h8-10,17H,4-7,11-12H2,1-3H3. The van der Waals surface area contributed by atoms with Crippen LogP contribution in [0.15, 0.2) is 18.2 Å². The van der Waals surface area contributed by atoms with Crippen molar-refractivity contribution in [3.63, 3.8) is 0 Å². The fourth-order valence-electron chi connectivity index (χ4n) is 2.01. The zero-order valence-electron chi connectivity index (χ0n) is 12.3. The van der Waals surface area contributed by atoms with Crippen molar-refractivity contribution >= 4 is 11.7 Å². The molecular weight excluding hydrogens is 238 g/mol. The number of para-hydroxylation sites is 1. The molecule has 0 saturated heterocycles. The first kappa shape index (κ1) is 15.5. The Hall–Kier alpha value is -1.51. The van der Waals surface area contributed by atoms with Gasteiger partial charge in [0.2, 0.25) is 0 Å². The highest BCUT2D eigenvalue weighted by molar-refractivity contribution is 5.76. The van der Waals surface area contributed by atoms with Gasteiger partial charge in [0.05, 0.1) is 6.61 Å². The van der Waals surface area contributed by atoms with E-state index in [2.05, 4.69) is 44.3 Å². The van der Waals surface area contributed by atoms with Crippen LogP contribution >= 0.6 is 0 Å². The fourth-order valence-corrected chi connectivity index (χ4v) is 2.01. The molecule has 3 nitrogen and oxygen atoms in total. The Morgan fingerprint density at radius 1 is 1.16 bits per heavy atom. The van der Waals surface area contributed by atoms with Crippen LogP contribution in [0.1, 0.15) is 44.7 Å². The zero-order chi connectivity index (χ0) is 14.1. The van der Waals surface area contributed by atoms with Crippen molar-refractivity contribution in [2.45, 2.75) is 46.5 Å². The highest BCUT2D eigenvalue weighted by Gasteiger charge is 2.08. The fraction of sp³-hybridized carbons (Fsp3) is 0.562. The van der Waals surface area contributed by atoms with Crippen LogP contribution in [0.2, 0.25) is 0 Å². The summed E-state index contributed by atoms with van der Waals surface area (Å²) < 4.78 is 5.15. The number of nitrogens with one attached hydrogen (secondary N) is 1. The third-order valence-corrected chi connectivity index (χ3v) is 3.17. The SMILES string of the molecule is CCCCOC(=O)CNc1c(CC)cccc1CC. The molecule has 19 heavy (non-hydrogen) atoms. The summed E-state index contributed by atoms with van der Waals surface area (Å²) >= 11 is 0. The van der Waals surface area contributed by atoms with Gasteiger partial charge in [-0.1, -0.05) is 45.4 Å². The predicted molar refractivity (Wildman–Crippen MR) is 79.6 cm³/mol. The summed E-state index contributed by atoms with van der Waals surface area (Å²) in [6.07, 6.45) is 3.89. The summed E-state index contributed by atoms with van der Waals surface area (Å²) in [5, 5.41) is 3.24. The van der Waals surface area contributed by atoms with E-state index < -0.39 is 0 Å². The molecule has 0 fully saturated rings. The Morgan fingerprint density at radius 2 is 1.79 bits per heavy atom. The number of esters is 1. The Kier molecular flexibility index (Phi) is 7.01. The van der Waals surface area contributed by atoms with E-state index in [1.165, 1.54) is 11.1 Å². The van der Waals surface area contributed by atoms with E-state index in [4.69, 9.17) is 4.74 Å². The molecule has 0 saturated carbocycles. The number of hydrogen-bond acceptors (Lipinski definition) is 3. The average Bonchev–Trinajstić information content (AvgIpc) is 2.44. The maximum absolute atomic E-state index is 11.6. The maximum atomic E-state index is 11.6. The molecule has 0 aliphatic rings. The van der Waals surface area contributed by atoms with E-state index in [1.54, 1.807) is 0 Å². The average molecular weight is 263 g/mol. The van der Waals surface area contributed by atoms with Crippen LogP contribution in [0.4, 0.5) is 5.69 Å². The number of carbonyl (C=O) groups is 1. The van der Waals surface area contributed by atoms with Gasteiger partial charge < -0.3 is 10.1 Å². The lowest BCUT2D eigenvalue weighted by Crippen LogP contribution is -2.18. The Balaban J connectivity index is 2.58. The van der Waals surface area contributed by atoms with Gasteiger partial charge in [0, 0.05) is 5.69 Å². The van der Waals surface area contributed by atoms with E-state index >= 15 is 0 Å².